The van der Waals surface area contributed by atoms with Gasteiger partial charge in [-0.3, -0.25) is 19.5 Å². The van der Waals surface area contributed by atoms with Crippen molar-refractivity contribution in [3.8, 4) is 16.9 Å². The highest BCUT2D eigenvalue weighted by Gasteiger charge is 2.27. The molecule has 32 heavy (non-hydrogen) atoms. The Balaban J connectivity index is 1.61. The Labute approximate surface area is 193 Å². The fraction of sp³-hybridized carbons (Fsp3) is 0.320. The van der Waals surface area contributed by atoms with Crippen LogP contribution in [0.2, 0.25) is 5.02 Å². The van der Waals surface area contributed by atoms with Crippen LogP contribution in [0.15, 0.2) is 54.7 Å². The molecule has 1 aliphatic carbocycles. The summed E-state index contributed by atoms with van der Waals surface area (Å²) in [7, 11) is 0. The Morgan fingerprint density at radius 1 is 1.19 bits per heavy atom. The van der Waals surface area contributed by atoms with Gasteiger partial charge in [0.05, 0.1) is 12.2 Å². The second kappa shape index (κ2) is 9.57. The Bertz CT molecular complexity index is 1120. The third-order valence-electron chi connectivity index (χ3n) is 5.54. The Kier molecular flexibility index (Phi) is 6.61. The van der Waals surface area contributed by atoms with Crippen LogP contribution < -0.4 is 5.32 Å². The molecule has 6 nitrogen and oxygen atoms in total. The monoisotopic (exact) mass is 450 g/mol. The fourth-order valence-corrected chi connectivity index (χ4v) is 3.76. The van der Waals surface area contributed by atoms with Gasteiger partial charge in [0.15, 0.2) is 0 Å². The topological polar surface area (TPSA) is 67.2 Å². The quantitative estimate of drug-likeness (QED) is 0.519. The van der Waals surface area contributed by atoms with E-state index in [1.54, 1.807) is 4.90 Å². The molecule has 1 fully saturated rings. The summed E-state index contributed by atoms with van der Waals surface area (Å²) in [5, 5.41) is 3.58. The lowest BCUT2D eigenvalue weighted by molar-refractivity contribution is -0.134. The van der Waals surface area contributed by atoms with Crippen LogP contribution in [0.4, 0.5) is 5.95 Å². The molecule has 0 radical (unpaired) electrons. The van der Waals surface area contributed by atoms with E-state index in [0.29, 0.717) is 29.9 Å². The third kappa shape index (κ3) is 5.37. The molecule has 3 aromatic rings. The van der Waals surface area contributed by atoms with Gasteiger partial charge in [0.25, 0.3) is 0 Å². The first-order valence-electron chi connectivity index (χ1n) is 10.9. The molecule has 166 valence electrons. The predicted molar refractivity (Wildman–Crippen MR) is 127 cm³/mol. The van der Waals surface area contributed by atoms with Crippen LogP contribution in [0, 0.1) is 12.8 Å². The number of rotatable bonds is 8. The maximum absolute atomic E-state index is 12.9. The molecule has 4 rings (SSSR count). The average molecular weight is 451 g/mol. The molecule has 1 aromatic heterocycles. The Hall–Kier alpha value is -3.12. The van der Waals surface area contributed by atoms with E-state index in [1.165, 1.54) is 0 Å². The number of aryl methyl sites for hydroxylation is 1. The number of aromatic nitrogens is 2. The number of nitrogens with zero attached hydrogens (tertiary/aromatic N) is 3. The molecular weight excluding hydrogens is 424 g/mol. The molecule has 0 bridgehead atoms. The van der Waals surface area contributed by atoms with E-state index in [9.17, 15) is 9.59 Å². The van der Waals surface area contributed by atoms with Crippen molar-refractivity contribution >= 4 is 29.4 Å². The van der Waals surface area contributed by atoms with Gasteiger partial charge in [-0.2, -0.15) is 0 Å². The van der Waals surface area contributed by atoms with Gasteiger partial charge in [-0.05, 0) is 55.5 Å². The van der Waals surface area contributed by atoms with Crippen molar-refractivity contribution in [3.05, 3.63) is 65.3 Å². The van der Waals surface area contributed by atoms with Crippen molar-refractivity contribution in [1.29, 1.82) is 0 Å². The summed E-state index contributed by atoms with van der Waals surface area (Å²) < 4.78 is 1.86. The van der Waals surface area contributed by atoms with Crippen LogP contribution in [0.25, 0.3) is 16.9 Å². The molecule has 0 spiro atoms. The maximum atomic E-state index is 12.9. The smallest absolute Gasteiger partial charge is 0.246 e. The number of halogens is 1. The number of carbonyl (C=O) groups is 2. The molecule has 0 atom stereocenters. The summed E-state index contributed by atoms with van der Waals surface area (Å²) in [6.45, 7) is 4.51. The lowest BCUT2D eigenvalue weighted by Crippen LogP contribution is -2.39. The molecule has 2 amide bonds. The Morgan fingerprint density at radius 2 is 1.94 bits per heavy atom. The first-order chi connectivity index (χ1) is 15.4. The van der Waals surface area contributed by atoms with E-state index in [1.807, 2.05) is 73.1 Å². The zero-order valence-electron chi connectivity index (χ0n) is 18.3. The zero-order chi connectivity index (χ0) is 22.7. The molecule has 1 aliphatic rings. The molecule has 0 aliphatic heterocycles. The van der Waals surface area contributed by atoms with Crippen molar-refractivity contribution in [2.75, 3.05) is 18.4 Å². The normalized spacial score (nSPS) is 13.1. The number of carbonyl (C=O) groups excluding carboxylic acids is 2. The second-order valence-corrected chi connectivity index (χ2v) is 8.72. The van der Waals surface area contributed by atoms with Gasteiger partial charge < -0.3 is 4.90 Å². The Morgan fingerprint density at radius 3 is 2.59 bits per heavy atom. The molecule has 0 saturated heterocycles. The van der Waals surface area contributed by atoms with Gasteiger partial charge in [0.2, 0.25) is 17.8 Å². The van der Waals surface area contributed by atoms with Crippen LogP contribution >= 0.6 is 11.6 Å². The summed E-state index contributed by atoms with van der Waals surface area (Å²) in [5.41, 5.74) is 3.61. The minimum absolute atomic E-state index is 0.00377. The van der Waals surface area contributed by atoms with Gasteiger partial charge in [-0.25, -0.2) is 4.98 Å². The van der Waals surface area contributed by atoms with Gasteiger partial charge >= 0.3 is 0 Å². The standard InChI is InChI=1S/C25H27ClN4O2/c1-3-24(32)29(14-18-7-8-18)16-23(31)28-25-27-22(19-9-11-20(26)12-10-19)15-30(25)21-6-4-5-17(2)13-21/h4-6,9-13,15,18H,3,7-8,14,16H2,1-2H3,(H,27,28,31). The van der Waals surface area contributed by atoms with Crippen LogP contribution in [0.3, 0.4) is 0 Å². The van der Waals surface area contributed by atoms with Crippen LogP contribution in [-0.4, -0.2) is 39.4 Å². The van der Waals surface area contributed by atoms with Crippen LogP contribution in [-0.2, 0) is 9.59 Å². The molecule has 1 saturated carbocycles. The van der Waals surface area contributed by atoms with Crippen LogP contribution in [0.5, 0.6) is 0 Å². The lowest BCUT2D eigenvalue weighted by atomic mass is 10.2. The summed E-state index contributed by atoms with van der Waals surface area (Å²) >= 11 is 6.03. The van der Waals surface area contributed by atoms with E-state index >= 15 is 0 Å². The van der Waals surface area contributed by atoms with E-state index in [-0.39, 0.29) is 18.4 Å². The minimum atomic E-state index is -0.255. The minimum Gasteiger partial charge on any atom is -0.333 e. The predicted octanol–water partition coefficient (Wildman–Crippen LogP) is 5.09. The van der Waals surface area contributed by atoms with Crippen molar-refractivity contribution in [3.63, 3.8) is 0 Å². The molecule has 1 heterocycles. The molecule has 0 unspecified atom stereocenters. The highest BCUT2D eigenvalue weighted by molar-refractivity contribution is 6.30. The number of anilines is 1. The van der Waals surface area contributed by atoms with E-state index in [4.69, 9.17) is 11.6 Å². The summed E-state index contributed by atoms with van der Waals surface area (Å²) in [5.74, 6) is 0.676. The first kappa shape index (κ1) is 22.1. The van der Waals surface area contributed by atoms with Gasteiger partial charge in [-0.1, -0.05) is 42.8 Å². The molecule has 2 aromatic carbocycles. The van der Waals surface area contributed by atoms with E-state index in [2.05, 4.69) is 10.3 Å². The van der Waals surface area contributed by atoms with Crippen molar-refractivity contribution < 1.29 is 9.59 Å². The molecule has 1 N–H and O–H groups in total. The second-order valence-electron chi connectivity index (χ2n) is 8.29. The van der Waals surface area contributed by atoms with Crippen molar-refractivity contribution in [2.24, 2.45) is 5.92 Å². The number of imidazole rings is 1. The average Bonchev–Trinajstić information content (AvgIpc) is 3.50. The number of hydrogen-bond donors (Lipinski definition) is 1. The van der Waals surface area contributed by atoms with Crippen LogP contribution in [0.1, 0.15) is 31.7 Å². The largest absolute Gasteiger partial charge is 0.333 e. The van der Waals surface area contributed by atoms with Crippen molar-refractivity contribution in [1.82, 2.24) is 14.5 Å². The summed E-state index contributed by atoms with van der Waals surface area (Å²) in [6, 6.07) is 15.4. The SMILES string of the molecule is CCC(=O)N(CC(=O)Nc1nc(-c2ccc(Cl)cc2)cn1-c1cccc(C)c1)CC1CC1. The van der Waals surface area contributed by atoms with E-state index in [0.717, 1.165) is 35.3 Å². The lowest BCUT2D eigenvalue weighted by Gasteiger charge is -2.21. The van der Waals surface area contributed by atoms with Gasteiger partial charge in [0, 0.05) is 35.4 Å². The highest BCUT2D eigenvalue weighted by atomic mass is 35.5. The third-order valence-corrected chi connectivity index (χ3v) is 5.79. The summed E-state index contributed by atoms with van der Waals surface area (Å²) in [6.07, 6.45) is 4.53. The number of benzene rings is 2. The van der Waals surface area contributed by atoms with Gasteiger partial charge in [0.1, 0.15) is 0 Å². The van der Waals surface area contributed by atoms with Gasteiger partial charge in [-0.15, -0.1) is 0 Å². The molecular formula is C25H27ClN4O2. The first-order valence-corrected chi connectivity index (χ1v) is 11.3. The fourth-order valence-electron chi connectivity index (χ4n) is 3.63. The maximum Gasteiger partial charge on any atom is 0.246 e. The number of amides is 2. The number of hydrogen-bond acceptors (Lipinski definition) is 3. The zero-order valence-corrected chi connectivity index (χ0v) is 19.1. The van der Waals surface area contributed by atoms with E-state index < -0.39 is 0 Å². The molecule has 7 heteroatoms. The number of nitrogens with one attached hydrogen (secondary N) is 1. The summed E-state index contributed by atoms with van der Waals surface area (Å²) in [4.78, 5) is 31.6. The van der Waals surface area contributed by atoms with Crippen molar-refractivity contribution in [2.45, 2.75) is 33.1 Å². The highest BCUT2D eigenvalue weighted by Crippen LogP contribution is 2.30.